The third-order valence-corrected chi connectivity index (χ3v) is 4.24. The smallest absolute Gasteiger partial charge is 0.229 e. The largest absolute Gasteiger partial charge is 0.462 e. The van der Waals surface area contributed by atoms with Gasteiger partial charge in [-0.3, -0.25) is 0 Å². The van der Waals surface area contributed by atoms with Crippen molar-refractivity contribution in [3.8, 4) is 5.75 Å². The molecule has 26 heavy (non-hydrogen) atoms. The second-order valence-electron chi connectivity index (χ2n) is 6.58. The fourth-order valence-corrected chi connectivity index (χ4v) is 3.13. The zero-order valence-corrected chi connectivity index (χ0v) is 15.9. The number of hydrogen-bond acceptors (Lipinski definition) is 7. The topological polar surface area (TPSA) is 103 Å². The Morgan fingerprint density at radius 3 is 2.31 bits per heavy atom. The van der Waals surface area contributed by atoms with Gasteiger partial charge in [-0.2, -0.15) is 0 Å². The van der Waals surface area contributed by atoms with Crippen molar-refractivity contribution in [1.29, 1.82) is 0 Å². The van der Waals surface area contributed by atoms with Crippen molar-refractivity contribution < 1.29 is 29.2 Å². The lowest BCUT2D eigenvalue weighted by atomic mass is 9.99. The number of nitrogens with two attached hydrogens (primary N) is 1. The van der Waals surface area contributed by atoms with Crippen LogP contribution in [0.25, 0.3) is 0 Å². The molecule has 0 radical (unpaired) electrons. The minimum absolute atomic E-state index is 0.247. The predicted octanol–water partition coefficient (Wildman–Crippen LogP) is 1.19. The first kappa shape index (κ1) is 21.1. The Bertz CT molecular complexity index is 549. The lowest BCUT2D eigenvalue weighted by Crippen LogP contribution is -2.58. The Labute approximate surface area is 155 Å². The summed E-state index contributed by atoms with van der Waals surface area (Å²) in [7, 11) is 0. The molecule has 148 valence electrons. The van der Waals surface area contributed by atoms with E-state index in [-0.39, 0.29) is 6.61 Å². The summed E-state index contributed by atoms with van der Waals surface area (Å²) in [4.78, 5) is 0. The maximum absolute atomic E-state index is 10.5. The van der Waals surface area contributed by atoms with E-state index in [1.165, 1.54) is 0 Å². The van der Waals surface area contributed by atoms with E-state index in [2.05, 4.69) is 0 Å². The lowest BCUT2D eigenvalue weighted by molar-refractivity contribution is -0.254. The van der Waals surface area contributed by atoms with Crippen LogP contribution in [-0.2, 0) is 20.6 Å². The molecule has 0 amide bonds. The Morgan fingerprint density at radius 2 is 1.73 bits per heavy atom. The van der Waals surface area contributed by atoms with Gasteiger partial charge in [0.2, 0.25) is 6.29 Å². The molecule has 0 spiro atoms. The van der Waals surface area contributed by atoms with Gasteiger partial charge < -0.3 is 34.9 Å². The van der Waals surface area contributed by atoms with Crippen LogP contribution in [0, 0.1) is 0 Å². The van der Waals surface area contributed by atoms with E-state index in [1.54, 1.807) is 26.0 Å². The Balaban J connectivity index is 0.00000117. The highest BCUT2D eigenvalue weighted by Gasteiger charge is 2.55. The average molecular weight is 369 g/mol. The fourth-order valence-electron chi connectivity index (χ4n) is 3.13. The number of hydrogen-bond donors (Lipinski definition) is 3. The van der Waals surface area contributed by atoms with Crippen LogP contribution < -0.4 is 10.5 Å². The van der Waals surface area contributed by atoms with E-state index in [0.717, 1.165) is 12.0 Å². The molecule has 2 aliphatic heterocycles. The van der Waals surface area contributed by atoms with Crippen LogP contribution in [0.3, 0.4) is 0 Å². The van der Waals surface area contributed by atoms with Crippen molar-refractivity contribution in [2.24, 2.45) is 5.73 Å². The predicted molar refractivity (Wildman–Crippen MR) is 96.8 cm³/mol. The Hall–Kier alpha value is -1.22. The maximum Gasteiger partial charge on any atom is 0.229 e. The first-order chi connectivity index (χ1) is 12.4. The number of ether oxygens (including phenoxy) is 4. The highest BCUT2D eigenvalue weighted by molar-refractivity contribution is 5.27. The van der Waals surface area contributed by atoms with Gasteiger partial charge in [0.1, 0.15) is 30.2 Å². The van der Waals surface area contributed by atoms with Crippen LogP contribution in [0.2, 0.25) is 0 Å². The van der Waals surface area contributed by atoms with Crippen LogP contribution in [0.4, 0.5) is 0 Å². The molecule has 4 N–H and O–H groups in total. The lowest BCUT2D eigenvalue weighted by Gasteiger charge is -2.39. The van der Waals surface area contributed by atoms with Gasteiger partial charge >= 0.3 is 0 Å². The number of benzene rings is 1. The van der Waals surface area contributed by atoms with Crippen LogP contribution in [-0.4, -0.2) is 59.9 Å². The highest BCUT2D eigenvalue weighted by Crippen LogP contribution is 2.37. The standard InChI is InChI=1S/C17H25NO6.C2H6/c1-17(2)23-14-12(9-19)22-16(13(20)15(14)24-17)21-11-5-3-10(4-6-11)7-8-18;1-2/h3-6,12-16,19-20H,7-9,18H2,1-2H3;1-2H3. The minimum Gasteiger partial charge on any atom is -0.462 e. The molecule has 7 heteroatoms. The average Bonchev–Trinajstić information content (AvgIpc) is 2.97. The molecule has 0 bridgehead atoms. The zero-order chi connectivity index (χ0) is 19.3. The Morgan fingerprint density at radius 1 is 1.12 bits per heavy atom. The van der Waals surface area contributed by atoms with Crippen molar-refractivity contribution in [2.75, 3.05) is 13.2 Å². The summed E-state index contributed by atoms with van der Waals surface area (Å²) in [6.45, 7) is 7.86. The Kier molecular flexibility index (Phi) is 7.40. The van der Waals surface area contributed by atoms with Gasteiger partial charge in [0.05, 0.1) is 6.61 Å². The van der Waals surface area contributed by atoms with E-state index in [0.29, 0.717) is 12.3 Å². The minimum atomic E-state index is -1.02. The molecule has 2 saturated heterocycles. The molecular weight excluding hydrogens is 338 g/mol. The van der Waals surface area contributed by atoms with Crippen molar-refractivity contribution in [3.05, 3.63) is 29.8 Å². The van der Waals surface area contributed by atoms with Crippen molar-refractivity contribution in [2.45, 2.75) is 70.6 Å². The second-order valence-corrected chi connectivity index (χ2v) is 6.58. The molecule has 1 aromatic rings. The quantitative estimate of drug-likeness (QED) is 0.716. The molecule has 0 aliphatic carbocycles. The maximum atomic E-state index is 10.5. The van der Waals surface area contributed by atoms with Gasteiger partial charge in [0.25, 0.3) is 0 Å². The van der Waals surface area contributed by atoms with Crippen LogP contribution >= 0.6 is 0 Å². The first-order valence-electron chi connectivity index (χ1n) is 9.19. The molecule has 5 unspecified atom stereocenters. The molecule has 0 aromatic heterocycles. The van der Waals surface area contributed by atoms with Crippen LogP contribution in [0.1, 0.15) is 33.3 Å². The van der Waals surface area contributed by atoms with E-state index < -0.39 is 36.5 Å². The summed E-state index contributed by atoms with van der Waals surface area (Å²) in [5, 5.41) is 20.1. The SMILES string of the molecule is CC.CC1(C)OC2C(CO)OC(Oc3ccc(CCN)cc3)C(O)C2O1. The highest BCUT2D eigenvalue weighted by atomic mass is 16.8. The summed E-state index contributed by atoms with van der Waals surface area (Å²) in [6, 6.07) is 7.44. The number of aliphatic hydroxyl groups is 2. The van der Waals surface area contributed by atoms with Gasteiger partial charge in [0, 0.05) is 0 Å². The molecule has 3 rings (SSSR count). The third-order valence-electron chi connectivity index (χ3n) is 4.24. The van der Waals surface area contributed by atoms with Gasteiger partial charge in [0.15, 0.2) is 5.79 Å². The van der Waals surface area contributed by atoms with Crippen LogP contribution in [0.15, 0.2) is 24.3 Å². The van der Waals surface area contributed by atoms with Gasteiger partial charge in [-0.1, -0.05) is 26.0 Å². The molecule has 2 aliphatic rings. The molecule has 1 aromatic carbocycles. The first-order valence-corrected chi connectivity index (χ1v) is 9.19. The molecule has 0 saturated carbocycles. The van der Waals surface area contributed by atoms with E-state index in [1.807, 2.05) is 26.0 Å². The van der Waals surface area contributed by atoms with Crippen molar-refractivity contribution >= 4 is 0 Å². The normalized spacial score (nSPS) is 32.3. The number of fused-ring (bicyclic) bond motifs is 1. The van der Waals surface area contributed by atoms with Gasteiger partial charge in [-0.25, -0.2) is 0 Å². The van der Waals surface area contributed by atoms with E-state index in [4.69, 9.17) is 24.7 Å². The van der Waals surface area contributed by atoms with E-state index in [9.17, 15) is 10.2 Å². The number of rotatable bonds is 5. The molecular formula is C19H31NO6. The van der Waals surface area contributed by atoms with Gasteiger partial charge in [-0.05, 0) is 44.5 Å². The molecule has 7 nitrogen and oxygen atoms in total. The summed E-state index contributed by atoms with van der Waals surface area (Å²) >= 11 is 0. The third kappa shape index (κ3) is 4.73. The van der Waals surface area contributed by atoms with Crippen molar-refractivity contribution in [1.82, 2.24) is 0 Å². The monoisotopic (exact) mass is 369 g/mol. The molecule has 5 atom stereocenters. The summed E-state index contributed by atoms with van der Waals surface area (Å²) in [5.74, 6) is -0.278. The summed E-state index contributed by atoms with van der Waals surface area (Å²) < 4.78 is 22.9. The van der Waals surface area contributed by atoms with Crippen molar-refractivity contribution in [3.63, 3.8) is 0 Å². The molecule has 2 heterocycles. The number of aliphatic hydroxyl groups excluding tert-OH is 2. The summed E-state index contributed by atoms with van der Waals surface area (Å²) in [5.41, 5.74) is 6.64. The van der Waals surface area contributed by atoms with Crippen LogP contribution in [0.5, 0.6) is 5.75 Å². The molecule has 2 fully saturated rings. The van der Waals surface area contributed by atoms with E-state index >= 15 is 0 Å². The fraction of sp³-hybridized carbons (Fsp3) is 0.684. The summed E-state index contributed by atoms with van der Waals surface area (Å²) in [6.07, 6.45) is -2.95. The zero-order valence-electron chi connectivity index (χ0n) is 15.9. The van der Waals surface area contributed by atoms with Gasteiger partial charge in [-0.15, -0.1) is 0 Å². The second kappa shape index (κ2) is 9.12.